The number of esters is 2. The zero-order valence-corrected chi connectivity index (χ0v) is 39.7. The number of aliphatic hydroxyl groups is 8. The number of benzene rings is 3. The Morgan fingerprint density at radius 3 is 1.79 bits per heavy atom. The van der Waals surface area contributed by atoms with Crippen LogP contribution in [0.3, 0.4) is 0 Å². The lowest BCUT2D eigenvalue weighted by molar-refractivity contribution is -0.366. The van der Waals surface area contributed by atoms with Crippen LogP contribution in [0.25, 0.3) is 6.08 Å². The van der Waals surface area contributed by atoms with Crippen LogP contribution in [0.2, 0.25) is 0 Å². The van der Waals surface area contributed by atoms with Crippen molar-refractivity contribution < 1.29 is 118 Å². The second-order valence-corrected chi connectivity index (χ2v) is 18.2. The fraction of sp³-hybridized carbons (Fsp3) is 0.531. The first-order valence-electron chi connectivity index (χ1n) is 23.3. The van der Waals surface area contributed by atoms with Crippen molar-refractivity contribution in [2.75, 3.05) is 6.61 Å². The summed E-state index contributed by atoms with van der Waals surface area (Å²) in [6.45, 7) is 4.58. The summed E-state index contributed by atoms with van der Waals surface area (Å²) < 4.78 is 51.9. The molecule has 3 aromatic rings. The van der Waals surface area contributed by atoms with Gasteiger partial charge in [-0.15, -0.1) is 0 Å². The molecule has 4 heterocycles. The number of aromatic hydroxyl groups is 4. The molecule has 24 heteroatoms. The van der Waals surface area contributed by atoms with Crippen LogP contribution in [0.4, 0.5) is 0 Å². The van der Waals surface area contributed by atoms with Gasteiger partial charge in [0, 0.05) is 25.5 Å². The van der Waals surface area contributed by atoms with E-state index in [-0.39, 0.29) is 24.3 Å². The highest BCUT2D eigenvalue weighted by Gasteiger charge is 2.55. The summed E-state index contributed by atoms with van der Waals surface area (Å²) >= 11 is 0. The molecule has 4 aliphatic rings. The smallest absolute Gasteiger partial charge is 0.331 e. The third-order valence-corrected chi connectivity index (χ3v) is 13.0. The van der Waals surface area contributed by atoms with E-state index in [1.54, 1.807) is 12.1 Å². The number of aliphatic hydroxyl groups excluding tert-OH is 8. The second-order valence-electron chi connectivity index (χ2n) is 18.2. The van der Waals surface area contributed by atoms with Gasteiger partial charge in [0.2, 0.25) is 6.29 Å². The summed E-state index contributed by atoms with van der Waals surface area (Å²) in [5.41, 5.74) is -0.119. The van der Waals surface area contributed by atoms with E-state index in [2.05, 4.69) is 0 Å². The van der Waals surface area contributed by atoms with Crippen molar-refractivity contribution in [2.24, 2.45) is 0 Å². The predicted octanol–water partition coefficient (Wildman–Crippen LogP) is -0.776. The highest BCUT2D eigenvalue weighted by Crippen LogP contribution is 2.48. The Balaban J connectivity index is 1.13. The molecule has 0 amide bonds. The number of aryl methyl sites for hydroxylation is 1. The van der Waals surface area contributed by atoms with Crippen molar-refractivity contribution in [3.05, 3.63) is 82.9 Å². The molecule has 0 aliphatic carbocycles. The van der Waals surface area contributed by atoms with Gasteiger partial charge >= 0.3 is 11.9 Å². The van der Waals surface area contributed by atoms with Crippen LogP contribution < -0.4 is 4.74 Å². The molecular formula is C49H60O24. The molecule has 400 valence electrons. The maximum Gasteiger partial charge on any atom is 0.331 e. The van der Waals surface area contributed by atoms with Crippen LogP contribution in [0.1, 0.15) is 67.3 Å². The number of rotatable bonds is 16. The van der Waals surface area contributed by atoms with E-state index >= 15 is 0 Å². The Bertz CT molecular complexity index is 2420. The maximum absolute atomic E-state index is 14.0. The largest absolute Gasteiger partial charge is 0.508 e. The van der Waals surface area contributed by atoms with Crippen molar-refractivity contribution in [1.82, 2.24) is 0 Å². The van der Waals surface area contributed by atoms with Crippen molar-refractivity contribution in [3.63, 3.8) is 0 Å². The van der Waals surface area contributed by atoms with Gasteiger partial charge in [-0.2, -0.15) is 0 Å². The highest BCUT2D eigenvalue weighted by atomic mass is 16.8. The monoisotopic (exact) mass is 1030 g/mol. The van der Waals surface area contributed by atoms with Crippen LogP contribution in [0, 0.1) is 0 Å². The molecule has 7 rings (SSSR count). The lowest BCUT2D eigenvalue weighted by Gasteiger charge is -2.48. The lowest BCUT2D eigenvalue weighted by Crippen LogP contribution is -2.65. The number of ether oxygens (including phenoxy) is 9. The first-order valence-corrected chi connectivity index (χ1v) is 23.3. The Labute approximate surface area is 416 Å². The van der Waals surface area contributed by atoms with Gasteiger partial charge in [-0.1, -0.05) is 24.3 Å². The van der Waals surface area contributed by atoms with Gasteiger partial charge < -0.3 is 104 Å². The topological polar surface area (TPSA) is 377 Å². The van der Waals surface area contributed by atoms with Crippen molar-refractivity contribution in [1.29, 1.82) is 0 Å². The van der Waals surface area contributed by atoms with Gasteiger partial charge in [0.15, 0.2) is 30.6 Å². The zero-order chi connectivity index (χ0) is 53.2. The standard InChI is InChI=1S/C49H60O24/c1-19-43(72-49-41(64)46(71-31(56)16-10-24-7-13-26(53)14-8-24)44(21(3)67-49)73-47-40(63)38(61)42(20(2)66-47)68-22(4)51)36(59)37(60)45(65-19)33-28(55)17-29(69-48-39(62)34(57)30(18-50)70-48)32(35(33)58)27(54)15-9-23-5-11-25(52)12-6-23/h5-8,10-14,16-17,19-21,30,34,36-50,52-53,55,57-64H,9,15,18H2,1-4H3/b16-10+. The lowest BCUT2D eigenvalue weighted by atomic mass is 9.88. The number of phenolic OH excluding ortho intramolecular Hbond substituents is 4. The Morgan fingerprint density at radius 1 is 0.616 bits per heavy atom. The summed E-state index contributed by atoms with van der Waals surface area (Å²) in [4.78, 5) is 39.1. The second kappa shape index (κ2) is 23.3. The summed E-state index contributed by atoms with van der Waals surface area (Å²) in [6, 6.07) is 12.5. The number of carbonyl (C=O) groups is 3. The summed E-state index contributed by atoms with van der Waals surface area (Å²) in [5, 5.41) is 130. The maximum atomic E-state index is 14.0. The van der Waals surface area contributed by atoms with Crippen molar-refractivity contribution in [3.8, 4) is 28.7 Å². The average Bonchev–Trinajstić information content (AvgIpc) is 3.61. The molecule has 0 spiro atoms. The summed E-state index contributed by atoms with van der Waals surface area (Å²) in [5.74, 6) is -5.03. The number of hydrogen-bond donors (Lipinski definition) is 12. The molecule has 3 aromatic carbocycles. The molecule has 0 aromatic heterocycles. The van der Waals surface area contributed by atoms with E-state index in [1.807, 2.05) is 0 Å². The Kier molecular flexibility index (Phi) is 17.6. The van der Waals surface area contributed by atoms with E-state index in [0.717, 1.165) is 19.1 Å². The summed E-state index contributed by atoms with van der Waals surface area (Å²) in [6.07, 6.45) is -29.0. The van der Waals surface area contributed by atoms with Crippen LogP contribution in [0.15, 0.2) is 60.7 Å². The Morgan fingerprint density at radius 2 is 1.18 bits per heavy atom. The molecule has 4 aliphatic heterocycles. The fourth-order valence-corrected chi connectivity index (χ4v) is 9.02. The SMILES string of the molecule is CC(=O)OC1C(C)OC(OC2C(C)OC(OC3C(C)OC(c4c(O)cc(OC5OC(CO)C(O)C5O)c(C(=O)CCc5ccc(O)cc5)c4O)C(O)C3O)C(O)C2OC(=O)/C=C/c2ccc(O)cc2)C(O)C1O. The number of Topliss-reactive ketones (excluding diaryl/α,β-unsaturated/α-hetero) is 1. The van der Waals surface area contributed by atoms with Gasteiger partial charge in [0.1, 0.15) is 101 Å². The van der Waals surface area contributed by atoms with Crippen molar-refractivity contribution >= 4 is 23.8 Å². The van der Waals surface area contributed by atoms with Crippen LogP contribution >= 0.6 is 0 Å². The Hall–Kier alpha value is -5.55. The molecule has 0 bridgehead atoms. The quantitative estimate of drug-likeness (QED) is 0.0476. The fourth-order valence-electron chi connectivity index (χ4n) is 9.02. The molecule has 19 unspecified atom stereocenters. The van der Waals surface area contributed by atoms with Gasteiger partial charge in [-0.3, -0.25) is 9.59 Å². The first-order chi connectivity index (χ1) is 34.6. The first kappa shape index (κ1) is 55.2. The van der Waals surface area contributed by atoms with Crippen LogP contribution in [0.5, 0.6) is 28.7 Å². The average molecular weight is 1030 g/mol. The summed E-state index contributed by atoms with van der Waals surface area (Å²) in [7, 11) is 0. The van der Waals surface area contributed by atoms with E-state index < -0.39 is 169 Å². The van der Waals surface area contributed by atoms with Crippen molar-refractivity contribution in [2.45, 2.75) is 157 Å². The number of ketones is 1. The van der Waals surface area contributed by atoms with Crippen LogP contribution in [-0.4, -0.2) is 196 Å². The number of phenols is 4. The highest BCUT2D eigenvalue weighted by molar-refractivity contribution is 6.02. The van der Waals surface area contributed by atoms with Gasteiger partial charge in [-0.25, -0.2) is 4.79 Å². The van der Waals surface area contributed by atoms with Gasteiger partial charge in [0.05, 0.1) is 30.5 Å². The predicted molar refractivity (Wildman–Crippen MR) is 243 cm³/mol. The molecule has 0 radical (unpaired) electrons. The van der Waals surface area contributed by atoms with Gasteiger partial charge in [0.25, 0.3) is 0 Å². The molecule has 12 N–H and O–H groups in total. The number of hydrogen-bond acceptors (Lipinski definition) is 24. The van der Waals surface area contributed by atoms with E-state index in [4.69, 9.17) is 42.6 Å². The minimum Gasteiger partial charge on any atom is -0.508 e. The zero-order valence-electron chi connectivity index (χ0n) is 39.7. The van der Waals surface area contributed by atoms with E-state index in [9.17, 15) is 75.7 Å². The molecule has 0 saturated carbocycles. The minimum absolute atomic E-state index is 0.0281. The minimum atomic E-state index is -2.09. The molecule has 73 heavy (non-hydrogen) atoms. The molecular weight excluding hydrogens is 973 g/mol. The van der Waals surface area contributed by atoms with Crippen LogP contribution in [-0.2, 0) is 53.9 Å². The molecule has 19 atom stereocenters. The third-order valence-electron chi connectivity index (χ3n) is 13.0. The van der Waals surface area contributed by atoms with Gasteiger partial charge in [-0.05, 0) is 68.7 Å². The third kappa shape index (κ3) is 12.2. The molecule has 4 saturated heterocycles. The normalized spacial score (nSPS) is 35.6. The molecule has 4 fully saturated rings. The van der Waals surface area contributed by atoms with E-state index in [1.165, 1.54) is 63.2 Å². The van der Waals surface area contributed by atoms with E-state index in [0.29, 0.717) is 11.1 Å². The number of carbonyl (C=O) groups excluding carboxylic acids is 3. The molecule has 24 nitrogen and oxygen atoms in total.